The number of halogens is 2. The molecule has 2 aromatic heterocycles. The Morgan fingerprint density at radius 2 is 2.22 bits per heavy atom. The fourth-order valence-electron chi connectivity index (χ4n) is 1.18. The number of hydrogen-bond donors (Lipinski definition) is 1. The van der Waals surface area contributed by atoms with Gasteiger partial charge in [0.1, 0.15) is 11.4 Å². The molecule has 2 aromatic rings. The third kappa shape index (κ3) is 2.96. The number of carbonyl (C=O) groups is 1. The quantitative estimate of drug-likeness (QED) is 0.860. The Morgan fingerprint density at radius 3 is 2.83 bits per heavy atom. The first-order valence-electron chi connectivity index (χ1n) is 4.77. The van der Waals surface area contributed by atoms with Crippen LogP contribution in [0, 0.1) is 0 Å². The molecule has 0 aliphatic rings. The van der Waals surface area contributed by atoms with Crippen LogP contribution in [0.2, 0.25) is 5.15 Å². The Hall–Kier alpha value is -1.66. The first kappa shape index (κ1) is 12.8. The molecule has 0 saturated heterocycles. The second kappa shape index (κ2) is 5.32. The first-order valence-corrected chi connectivity index (χ1v) is 5.94. The predicted octanol–water partition coefficient (Wildman–Crippen LogP) is 2.70. The third-order valence-corrected chi connectivity index (χ3v) is 3.15. The third-order valence-electron chi connectivity index (χ3n) is 2.02. The zero-order valence-electron chi connectivity index (χ0n) is 8.81. The van der Waals surface area contributed by atoms with Gasteiger partial charge in [-0.3, -0.25) is 4.79 Å². The van der Waals surface area contributed by atoms with E-state index >= 15 is 0 Å². The molecule has 0 aliphatic carbocycles. The van der Waals surface area contributed by atoms with E-state index in [0.717, 1.165) is 6.26 Å². The van der Waals surface area contributed by atoms with Crippen molar-refractivity contribution in [3.05, 3.63) is 56.3 Å². The fourth-order valence-corrected chi connectivity index (χ4v) is 1.63. The standard InChI is InChI=1S/C11H6BrClN2O3/c12-8-3-7(4-14-10(8)13)15-11(17)6-1-2-9(16)18-5-6/h1-5H,(H,15,17). The van der Waals surface area contributed by atoms with Gasteiger partial charge < -0.3 is 9.73 Å². The maximum absolute atomic E-state index is 11.8. The van der Waals surface area contributed by atoms with Crippen LogP contribution in [-0.4, -0.2) is 10.9 Å². The van der Waals surface area contributed by atoms with Gasteiger partial charge in [-0.05, 0) is 28.1 Å². The molecule has 0 fully saturated rings. The molecule has 0 unspecified atom stereocenters. The van der Waals surface area contributed by atoms with E-state index in [1.54, 1.807) is 6.07 Å². The van der Waals surface area contributed by atoms with E-state index < -0.39 is 11.5 Å². The summed E-state index contributed by atoms with van der Waals surface area (Å²) in [5.74, 6) is -0.408. The molecule has 0 aromatic carbocycles. The summed E-state index contributed by atoms with van der Waals surface area (Å²) in [6.07, 6.45) is 2.51. The molecule has 0 radical (unpaired) electrons. The summed E-state index contributed by atoms with van der Waals surface area (Å²) in [6, 6.07) is 4.16. The van der Waals surface area contributed by atoms with Gasteiger partial charge in [0.25, 0.3) is 5.91 Å². The number of hydrogen-bond acceptors (Lipinski definition) is 4. The number of nitrogens with zero attached hydrogens (tertiary/aromatic N) is 1. The number of carbonyl (C=O) groups excluding carboxylic acids is 1. The second-order valence-electron chi connectivity index (χ2n) is 3.29. The van der Waals surface area contributed by atoms with Crippen LogP contribution in [0.3, 0.4) is 0 Å². The van der Waals surface area contributed by atoms with E-state index in [-0.39, 0.29) is 5.56 Å². The first-order chi connectivity index (χ1) is 8.56. The van der Waals surface area contributed by atoms with Crippen molar-refractivity contribution >= 4 is 39.1 Å². The number of aromatic nitrogens is 1. The lowest BCUT2D eigenvalue weighted by molar-refractivity contribution is 0.102. The largest absolute Gasteiger partial charge is 0.430 e. The van der Waals surface area contributed by atoms with Crippen LogP contribution in [0.1, 0.15) is 10.4 Å². The van der Waals surface area contributed by atoms with Crippen molar-refractivity contribution < 1.29 is 9.21 Å². The number of rotatable bonds is 2. The molecule has 18 heavy (non-hydrogen) atoms. The zero-order valence-corrected chi connectivity index (χ0v) is 11.2. The summed E-state index contributed by atoms with van der Waals surface area (Å²) in [5.41, 5.74) is 0.200. The molecule has 2 rings (SSSR count). The van der Waals surface area contributed by atoms with Gasteiger partial charge in [0, 0.05) is 6.07 Å². The SMILES string of the molecule is O=C(Nc1cnc(Cl)c(Br)c1)c1ccc(=O)oc1. The molecule has 0 atom stereocenters. The smallest absolute Gasteiger partial charge is 0.335 e. The number of amides is 1. The zero-order chi connectivity index (χ0) is 13.1. The molecule has 0 aliphatic heterocycles. The Bertz CT molecular complexity index is 636. The highest BCUT2D eigenvalue weighted by molar-refractivity contribution is 9.10. The van der Waals surface area contributed by atoms with Gasteiger partial charge in [-0.15, -0.1) is 0 Å². The molecule has 2 heterocycles. The van der Waals surface area contributed by atoms with Crippen LogP contribution in [-0.2, 0) is 0 Å². The van der Waals surface area contributed by atoms with Gasteiger partial charge in [-0.1, -0.05) is 11.6 Å². The average Bonchev–Trinajstić information content (AvgIpc) is 2.34. The van der Waals surface area contributed by atoms with Crippen LogP contribution in [0.4, 0.5) is 5.69 Å². The van der Waals surface area contributed by atoms with Crippen LogP contribution in [0.5, 0.6) is 0 Å². The van der Waals surface area contributed by atoms with E-state index in [2.05, 4.69) is 30.6 Å². The van der Waals surface area contributed by atoms with Gasteiger partial charge in [-0.25, -0.2) is 9.78 Å². The fraction of sp³-hybridized carbons (Fsp3) is 0. The molecule has 1 amide bonds. The molecule has 92 valence electrons. The van der Waals surface area contributed by atoms with Gasteiger partial charge in [-0.2, -0.15) is 0 Å². The summed E-state index contributed by atoms with van der Waals surface area (Å²) >= 11 is 8.93. The molecule has 0 bridgehead atoms. The van der Waals surface area contributed by atoms with Gasteiger partial charge >= 0.3 is 5.63 Å². The van der Waals surface area contributed by atoms with Gasteiger partial charge in [0.05, 0.1) is 21.9 Å². The Kier molecular flexibility index (Phi) is 3.78. The highest BCUT2D eigenvalue weighted by atomic mass is 79.9. The normalized spacial score (nSPS) is 10.1. The minimum absolute atomic E-state index is 0.237. The topological polar surface area (TPSA) is 72.2 Å². The minimum atomic E-state index is -0.512. The molecular weight excluding hydrogens is 323 g/mol. The number of nitrogens with one attached hydrogen (secondary N) is 1. The van der Waals surface area contributed by atoms with Crippen LogP contribution in [0.15, 0.2) is 44.3 Å². The highest BCUT2D eigenvalue weighted by Crippen LogP contribution is 2.23. The predicted molar refractivity (Wildman–Crippen MR) is 69.9 cm³/mol. The van der Waals surface area contributed by atoms with Crippen molar-refractivity contribution in [2.24, 2.45) is 0 Å². The maximum Gasteiger partial charge on any atom is 0.335 e. The number of anilines is 1. The van der Waals surface area contributed by atoms with E-state index in [9.17, 15) is 9.59 Å². The Balaban J connectivity index is 2.18. The lowest BCUT2D eigenvalue weighted by Crippen LogP contribution is -2.13. The monoisotopic (exact) mass is 328 g/mol. The van der Waals surface area contributed by atoms with Crippen molar-refractivity contribution in [1.29, 1.82) is 0 Å². The molecule has 0 spiro atoms. The Morgan fingerprint density at radius 1 is 1.44 bits per heavy atom. The lowest BCUT2D eigenvalue weighted by Gasteiger charge is -2.05. The van der Waals surface area contributed by atoms with E-state index in [1.165, 1.54) is 18.3 Å². The molecule has 0 saturated carbocycles. The molecule has 7 heteroatoms. The lowest BCUT2D eigenvalue weighted by atomic mass is 10.3. The van der Waals surface area contributed by atoms with Crippen LogP contribution >= 0.6 is 27.5 Å². The summed E-state index contributed by atoms with van der Waals surface area (Å²) in [4.78, 5) is 26.4. The van der Waals surface area contributed by atoms with E-state index in [0.29, 0.717) is 15.3 Å². The van der Waals surface area contributed by atoms with Crippen molar-refractivity contribution in [1.82, 2.24) is 4.98 Å². The van der Waals surface area contributed by atoms with Crippen molar-refractivity contribution in [2.45, 2.75) is 0 Å². The van der Waals surface area contributed by atoms with Crippen LogP contribution in [0.25, 0.3) is 0 Å². The maximum atomic E-state index is 11.8. The van der Waals surface area contributed by atoms with Crippen molar-refractivity contribution in [3.8, 4) is 0 Å². The summed E-state index contributed by atoms with van der Waals surface area (Å²) in [7, 11) is 0. The van der Waals surface area contributed by atoms with Crippen molar-refractivity contribution in [2.75, 3.05) is 5.32 Å². The Labute approximate surface area is 115 Å². The van der Waals surface area contributed by atoms with Gasteiger partial charge in [0.2, 0.25) is 0 Å². The minimum Gasteiger partial charge on any atom is -0.430 e. The van der Waals surface area contributed by atoms with E-state index in [4.69, 9.17) is 11.6 Å². The molecular formula is C11H6BrClN2O3. The number of pyridine rings is 1. The summed E-state index contributed by atoms with van der Waals surface area (Å²) in [5, 5.41) is 2.90. The van der Waals surface area contributed by atoms with E-state index in [1.807, 2.05) is 0 Å². The van der Waals surface area contributed by atoms with Gasteiger partial charge in [0.15, 0.2) is 0 Å². The van der Waals surface area contributed by atoms with Crippen molar-refractivity contribution in [3.63, 3.8) is 0 Å². The molecule has 5 nitrogen and oxygen atoms in total. The average molecular weight is 330 g/mol. The van der Waals surface area contributed by atoms with Crippen LogP contribution < -0.4 is 10.9 Å². The summed E-state index contributed by atoms with van der Waals surface area (Å²) in [6.45, 7) is 0. The second-order valence-corrected chi connectivity index (χ2v) is 4.51. The highest BCUT2D eigenvalue weighted by Gasteiger charge is 2.08. The molecule has 1 N–H and O–H groups in total. The summed E-state index contributed by atoms with van der Waals surface area (Å²) < 4.78 is 5.17.